The van der Waals surface area contributed by atoms with Crippen molar-refractivity contribution in [3.63, 3.8) is 0 Å². The number of fused-ring (bicyclic) bond motifs is 3. The van der Waals surface area contributed by atoms with Gasteiger partial charge in [0.2, 0.25) is 5.78 Å². The first kappa shape index (κ1) is 19.2. The highest BCUT2D eigenvalue weighted by Gasteiger charge is 2.39. The monoisotopic (exact) mass is 377 g/mol. The van der Waals surface area contributed by atoms with Gasteiger partial charge in [-0.1, -0.05) is 19.1 Å². The Kier molecular flexibility index (Phi) is 5.10. The largest absolute Gasteiger partial charge is 0.435 e. The number of pyridine rings is 1. The van der Waals surface area contributed by atoms with Gasteiger partial charge in [-0.05, 0) is 32.0 Å². The number of aromatic nitrogens is 4. The Morgan fingerprint density at radius 1 is 1.37 bits per heavy atom. The molecule has 3 heterocycles. The van der Waals surface area contributed by atoms with Crippen molar-refractivity contribution in [1.82, 2.24) is 23.8 Å². The molecule has 0 aliphatic heterocycles. The summed E-state index contributed by atoms with van der Waals surface area (Å²) in [6, 6.07) is 3.47. The molecule has 5 nitrogen and oxygen atoms in total. The Bertz CT molecular complexity index is 996. The Morgan fingerprint density at radius 2 is 2.11 bits per heavy atom. The maximum absolute atomic E-state index is 13.7. The molecule has 8 heteroatoms. The van der Waals surface area contributed by atoms with Crippen LogP contribution in [0, 0.1) is 5.92 Å². The van der Waals surface area contributed by atoms with E-state index in [9.17, 15) is 13.2 Å². The van der Waals surface area contributed by atoms with Gasteiger partial charge in [0.15, 0.2) is 11.3 Å². The van der Waals surface area contributed by atoms with Crippen LogP contribution in [0.2, 0.25) is 0 Å². The van der Waals surface area contributed by atoms with Gasteiger partial charge in [0.25, 0.3) is 0 Å². The van der Waals surface area contributed by atoms with E-state index >= 15 is 0 Å². The van der Waals surface area contributed by atoms with Crippen LogP contribution >= 0.6 is 0 Å². The Hall–Kier alpha value is -2.61. The minimum Gasteiger partial charge on any atom is -0.300 e. The molecule has 0 spiro atoms. The van der Waals surface area contributed by atoms with E-state index in [-0.39, 0.29) is 23.9 Å². The standard InChI is InChI=1S/C19H22F3N5/c1-5-10-26-17-14(8-7-9-23-17)27-15(12-25(4)11-13(3)6-2)16(19(20,21)22)24-18(26)27/h5-10,13H,2,11-12H2,1,3-4H3/b10-5+. The number of hydrogen-bond donors (Lipinski definition) is 0. The predicted molar refractivity (Wildman–Crippen MR) is 100 cm³/mol. The third-order valence-corrected chi connectivity index (χ3v) is 4.39. The second kappa shape index (κ2) is 7.19. The average Bonchev–Trinajstić information content (AvgIpc) is 3.12. The molecule has 0 saturated carbocycles. The van der Waals surface area contributed by atoms with E-state index in [4.69, 9.17) is 0 Å². The third kappa shape index (κ3) is 3.49. The summed E-state index contributed by atoms with van der Waals surface area (Å²) in [5, 5.41) is 0. The summed E-state index contributed by atoms with van der Waals surface area (Å²) in [5.74, 6) is 0.369. The summed E-state index contributed by atoms with van der Waals surface area (Å²) in [7, 11) is 1.79. The molecular formula is C19H22F3N5. The van der Waals surface area contributed by atoms with Crippen LogP contribution in [0.25, 0.3) is 23.1 Å². The van der Waals surface area contributed by atoms with Crippen molar-refractivity contribution >= 4 is 23.1 Å². The first-order valence-corrected chi connectivity index (χ1v) is 8.65. The van der Waals surface area contributed by atoms with Crippen LogP contribution in [0.15, 0.2) is 37.1 Å². The molecule has 0 aromatic carbocycles. The topological polar surface area (TPSA) is 38.4 Å². The van der Waals surface area contributed by atoms with Crippen molar-refractivity contribution in [1.29, 1.82) is 0 Å². The van der Waals surface area contributed by atoms with E-state index in [0.717, 1.165) is 0 Å². The number of halogens is 3. The quantitative estimate of drug-likeness (QED) is 0.596. The number of hydrogen-bond acceptors (Lipinski definition) is 3. The molecule has 3 aromatic rings. The molecule has 27 heavy (non-hydrogen) atoms. The number of allylic oxidation sites excluding steroid dienone is 1. The molecule has 0 radical (unpaired) electrons. The van der Waals surface area contributed by atoms with Crippen LogP contribution in [-0.4, -0.2) is 37.4 Å². The molecule has 0 saturated heterocycles. The van der Waals surface area contributed by atoms with Crippen molar-refractivity contribution in [2.24, 2.45) is 5.92 Å². The summed E-state index contributed by atoms with van der Waals surface area (Å²) < 4.78 is 44.3. The van der Waals surface area contributed by atoms with E-state index in [1.165, 1.54) is 0 Å². The van der Waals surface area contributed by atoms with E-state index in [2.05, 4.69) is 16.5 Å². The van der Waals surface area contributed by atoms with Gasteiger partial charge >= 0.3 is 6.18 Å². The first-order valence-electron chi connectivity index (χ1n) is 8.65. The van der Waals surface area contributed by atoms with Gasteiger partial charge in [-0.15, -0.1) is 6.58 Å². The molecule has 0 aliphatic rings. The fourth-order valence-electron chi connectivity index (χ4n) is 3.24. The fourth-order valence-corrected chi connectivity index (χ4v) is 3.24. The zero-order valence-corrected chi connectivity index (χ0v) is 15.5. The molecule has 0 fully saturated rings. The molecule has 0 aliphatic carbocycles. The van der Waals surface area contributed by atoms with Gasteiger partial charge in [0, 0.05) is 25.5 Å². The SMILES string of the molecule is C=CC(C)CN(C)Cc1c(C(F)(F)F)nc2n(/C=C/C)c3ncccc3n12. The second-order valence-electron chi connectivity index (χ2n) is 6.65. The van der Waals surface area contributed by atoms with Gasteiger partial charge in [-0.2, -0.15) is 13.2 Å². The fraction of sp³-hybridized carbons (Fsp3) is 0.368. The molecule has 1 atom stereocenters. The minimum absolute atomic E-state index is 0.109. The van der Waals surface area contributed by atoms with Crippen molar-refractivity contribution in [2.75, 3.05) is 13.6 Å². The highest BCUT2D eigenvalue weighted by molar-refractivity contribution is 5.80. The van der Waals surface area contributed by atoms with Crippen molar-refractivity contribution in [3.05, 3.63) is 48.4 Å². The summed E-state index contributed by atoms with van der Waals surface area (Å²) >= 11 is 0. The smallest absolute Gasteiger partial charge is 0.300 e. The van der Waals surface area contributed by atoms with Crippen LogP contribution < -0.4 is 0 Å². The number of imidazole rings is 2. The van der Waals surface area contributed by atoms with Crippen molar-refractivity contribution in [2.45, 2.75) is 26.6 Å². The maximum Gasteiger partial charge on any atom is 0.435 e. The van der Waals surface area contributed by atoms with Crippen LogP contribution in [-0.2, 0) is 12.7 Å². The molecule has 0 bridgehead atoms. The Morgan fingerprint density at radius 3 is 2.74 bits per heavy atom. The van der Waals surface area contributed by atoms with E-state index in [0.29, 0.717) is 17.7 Å². The molecule has 3 aromatic heterocycles. The molecule has 3 rings (SSSR count). The lowest BCUT2D eigenvalue weighted by Crippen LogP contribution is -2.25. The van der Waals surface area contributed by atoms with Crippen LogP contribution in [0.1, 0.15) is 25.2 Å². The van der Waals surface area contributed by atoms with Gasteiger partial charge in [0.1, 0.15) is 0 Å². The lowest BCUT2D eigenvalue weighted by atomic mass is 10.1. The summed E-state index contributed by atoms with van der Waals surface area (Å²) in [5.41, 5.74) is 0.404. The number of alkyl halides is 3. The highest BCUT2D eigenvalue weighted by Crippen LogP contribution is 2.34. The van der Waals surface area contributed by atoms with Crippen LogP contribution in [0.5, 0.6) is 0 Å². The summed E-state index contributed by atoms with van der Waals surface area (Å²) in [4.78, 5) is 10.1. The zero-order chi connectivity index (χ0) is 19.8. The van der Waals surface area contributed by atoms with Gasteiger partial charge in [0.05, 0.1) is 11.2 Å². The minimum atomic E-state index is -4.54. The zero-order valence-electron chi connectivity index (χ0n) is 15.5. The Labute approximate surface area is 155 Å². The Balaban J connectivity index is 2.25. The van der Waals surface area contributed by atoms with Crippen molar-refractivity contribution in [3.8, 4) is 0 Å². The van der Waals surface area contributed by atoms with Crippen LogP contribution in [0.3, 0.4) is 0 Å². The predicted octanol–water partition coefficient (Wildman–Crippen LogP) is 4.45. The summed E-state index contributed by atoms with van der Waals surface area (Å²) in [6.07, 6.45) is 2.28. The number of rotatable bonds is 6. The first-order chi connectivity index (χ1) is 12.8. The lowest BCUT2D eigenvalue weighted by Gasteiger charge is -2.20. The lowest BCUT2D eigenvalue weighted by molar-refractivity contribution is -0.141. The maximum atomic E-state index is 13.7. The third-order valence-electron chi connectivity index (χ3n) is 4.39. The molecule has 1 unspecified atom stereocenters. The van der Waals surface area contributed by atoms with E-state index < -0.39 is 11.9 Å². The van der Waals surface area contributed by atoms with E-state index in [1.807, 2.05) is 11.8 Å². The van der Waals surface area contributed by atoms with Crippen molar-refractivity contribution < 1.29 is 13.2 Å². The summed E-state index contributed by atoms with van der Waals surface area (Å²) in [6.45, 7) is 8.21. The van der Waals surface area contributed by atoms with Gasteiger partial charge < -0.3 is 0 Å². The molecule has 144 valence electrons. The molecule has 0 amide bonds. The molecule has 0 N–H and O–H groups in total. The molecular weight excluding hydrogens is 355 g/mol. The van der Waals surface area contributed by atoms with E-state index in [1.54, 1.807) is 59.6 Å². The van der Waals surface area contributed by atoms with Crippen LogP contribution in [0.4, 0.5) is 13.2 Å². The van der Waals surface area contributed by atoms with Gasteiger partial charge in [-0.25, -0.2) is 9.97 Å². The number of nitrogens with zero attached hydrogens (tertiary/aromatic N) is 5. The average molecular weight is 377 g/mol. The van der Waals surface area contributed by atoms with Gasteiger partial charge in [-0.3, -0.25) is 13.9 Å². The highest BCUT2D eigenvalue weighted by atomic mass is 19.4. The second-order valence-corrected chi connectivity index (χ2v) is 6.65. The normalized spacial score (nSPS) is 14.0.